The maximum absolute atomic E-state index is 14.4. The molecular weight excluding hydrogens is 941 g/mol. The predicted molar refractivity (Wildman–Crippen MR) is 279 cm³/mol. The van der Waals surface area contributed by atoms with Crippen LogP contribution in [-0.2, 0) is 47.3 Å². The van der Waals surface area contributed by atoms with Crippen molar-refractivity contribution < 1.29 is 43.3 Å². The summed E-state index contributed by atoms with van der Waals surface area (Å²) in [6, 6.07) is 46.6. The summed E-state index contributed by atoms with van der Waals surface area (Å²) in [5.41, 5.74) is 4.06. The van der Waals surface area contributed by atoms with Gasteiger partial charge in [0.1, 0.15) is 35.9 Å². The number of hydrogen-bond acceptors (Lipinski definition) is 12. The zero-order valence-corrected chi connectivity index (χ0v) is 40.7. The predicted octanol–water partition coefficient (Wildman–Crippen LogP) is 8.89. The lowest BCUT2D eigenvalue weighted by atomic mass is 9.77. The summed E-state index contributed by atoms with van der Waals surface area (Å²) in [5.74, 6) is -1.80. The molecule has 6 aromatic rings. The Hall–Kier alpha value is -8.76. The highest BCUT2D eigenvalue weighted by atomic mass is 16.7. The van der Waals surface area contributed by atoms with E-state index in [4.69, 9.17) is 9.47 Å². The summed E-state index contributed by atoms with van der Waals surface area (Å²) in [7, 11) is 0. The quantitative estimate of drug-likeness (QED) is 0.00862. The fraction of sp³-hybridized carbons (Fsp3) is 0.241. The Morgan fingerprint density at radius 2 is 1.22 bits per heavy atom. The number of anilines is 1. The lowest BCUT2D eigenvalue weighted by molar-refractivity contribution is -0.137. The summed E-state index contributed by atoms with van der Waals surface area (Å²) >= 11 is 0. The second-order valence-corrected chi connectivity index (χ2v) is 17.7. The first-order chi connectivity index (χ1) is 36.0. The van der Waals surface area contributed by atoms with Crippen LogP contribution in [0.15, 0.2) is 181 Å². The van der Waals surface area contributed by atoms with Crippen LogP contribution in [0.2, 0.25) is 0 Å². The molecule has 74 heavy (non-hydrogen) atoms. The third-order valence-electron chi connectivity index (χ3n) is 12.5. The molecule has 0 aromatic heterocycles. The molecule has 5 amide bonds. The van der Waals surface area contributed by atoms with E-state index in [-0.39, 0.29) is 67.3 Å². The van der Waals surface area contributed by atoms with Crippen molar-refractivity contribution in [2.45, 2.75) is 75.6 Å². The molecule has 1 heterocycles. The van der Waals surface area contributed by atoms with Gasteiger partial charge in [0.05, 0.1) is 5.54 Å². The number of nitroso groups, excluding NO2 is 1. The molecule has 16 nitrogen and oxygen atoms in total. The molecule has 5 N–H and O–H groups in total. The zero-order valence-electron chi connectivity index (χ0n) is 40.7. The number of carbonyl (C=O) groups excluding carboxylic acids is 6. The van der Waals surface area contributed by atoms with E-state index in [1.54, 1.807) is 36.4 Å². The number of unbranched alkanes of at least 4 members (excludes halogenated alkanes) is 3. The first-order valence-corrected chi connectivity index (χ1v) is 24.5. The molecule has 0 aliphatic carbocycles. The van der Waals surface area contributed by atoms with E-state index in [9.17, 15) is 38.8 Å². The number of rotatable bonds is 26. The van der Waals surface area contributed by atoms with E-state index in [1.165, 1.54) is 36.4 Å². The topological polar surface area (TPSA) is 222 Å². The van der Waals surface area contributed by atoms with E-state index < -0.39 is 35.6 Å². The summed E-state index contributed by atoms with van der Waals surface area (Å²) in [5, 5.41) is 25.7. The first-order valence-electron chi connectivity index (χ1n) is 24.5. The van der Waals surface area contributed by atoms with Gasteiger partial charge in [-0.2, -0.15) is 0 Å². The standard InChI is InChI=1S/C58H58N6O10/c65-48-31-25-45(26-32-48)58(43-17-7-2-8-18-43,44-19-9-3-10-20-44)59-37-13-12-21-50(55(69)60-46-27-23-42(24-28-46)40-73-57(71)74-49-33-29-47(63-72)30-34-49)62-56(70)51(39-41-15-5-1-6-16-41)61-52(66)22-11-4-14-38-64-53(67)35-36-54(64)68/h1-3,5-10,15-20,23-36,50-51,59,65H,4,11-14,21-22,37-40H2,(H,60,69)(H,61,66)(H,62,70)/t50-,51-/m0/s1. The van der Waals surface area contributed by atoms with Crippen molar-refractivity contribution >= 4 is 47.1 Å². The molecule has 16 heteroatoms. The molecule has 1 aliphatic heterocycles. The average Bonchev–Trinajstić information content (AvgIpc) is 3.75. The van der Waals surface area contributed by atoms with E-state index in [0.717, 1.165) is 27.2 Å². The van der Waals surface area contributed by atoms with Gasteiger partial charge < -0.3 is 30.5 Å². The van der Waals surface area contributed by atoms with Crippen LogP contribution in [0.4, 0.5) is 16.2 Å². The van der Waals surface area contributed by atoms with Crippen LogP contribution in [0, 0.1) is 4.91 Å². The Labute approximate surface area is 429 Å². The van der Waals surface area contributed by atoms with Crippen LogP contribution in [-0.4, -0.2) is 70.9 Å². The van der Waals surface area contributed by atoms with Crippen molar-refractivity contribution in [1.29, 1.82) is 0 Å². The van der Waals surface area contributed by atoms with Gasteiger partial charge in [-0.05, 0) is 120 Å². The van der Waals surface area contributed by atoms with E-state index in [1.807, 2.05) is 78.9 Å². The number of ether oxygens (including phenoxy) is 2. The minimum absolute atomic E-state index is 0.101. The van der Waals surface area contributed by atoms with E-state index >= 15 is 0 Å². The van der Waals surface area contributed by atoms with Crippen molar-refractivity contribution in [2.75, 3.05) is 18.4 Å². The maximum atomic E-state index is 14.4. The Balaban J connectivity index is 1.04. The number of aromatic hydroxyl groups is 1. The molecular formula is C58H58N6O10. The highest BCUT2D eigenvalue weighted by molar-refractivity contribution is 6.12. The van der Waals surface area contributed by atoms with Crippen molar-refractivity contribution in [3.8, 4) is 11.5 Å². The number of nitrogens with zero attached hydrogens (tertiary/aromatic N) is 2. The fourth-order valence-corrected chi connectivity index (χ4v) is 8.65. The highest BCUT2D eigenvalue weighted by Crippen LogP contribution is 2.37. The average molecular weight is 999 g/mol. The third-order valence-corrected chi connectivity index (χ3v) is 12.5. The minimum Gasteiger partial charge on any atom is -0.508 e. The van der Waals surface area contributed by atoms with Crippen molar-refractivity contribution in [3.05, 3.63) is 209 Å². The smallest absolute Gasteiger partial charge is 0.508 e. The van der Waals surface area contributed by atoms with E-state index in [2.05, 4.69) is 50.7 Å². The molecule has 0 radical (unpaired) electrons. The van der Waals surface area contributed by atoms with Gasteiger partial charge in [-0.15, -0.1) is 4.91 Å². The monoisotopic (exact) mass is 998 g/mol. The number of nitrogens with one attached hydrogen (secondary N) is 4. The lowest BCUT2D eigenvalue weighted by Crippen LogP contribution is -2.53. The number of imide groups is 1. The molecule has 0 saturated carbocycles. The Bertz CT molecular complexity index is 2810. The van der Waals surface area contributed by atoms with Crippen LogP contribution in [0.3, 0.4) is 0 Å². The van der Waals surface area contributed by atoms with Crippen LogP contribution in [0.1, 0.15) is 72.8 Å². The fourth-order valence-electron chi connectivity index (χ4n) is 8.65. The molecule has 2 atom stereocenters. The van der Waals surface area contributed by atoms with Gasteiger partial charge in [0.2, 0.25) is 17.7 Å². The molecule has 0 unspecified atom stereocenters. The molecule has 380 valence electrons. The van der Waals surface area contributed by atoms with Crippen LogP contribution in [0.25, 0.3) is 0 Å². The molecule has 1 aliphatic rings. The van der Waals surface area contributed by atoms with Gasteiger partial charge in [0, 0.05) is 37.2 Å². The van der Waals surface area contributed by atoms with Crippen molar-refractivity contribution in [3.63, 3.8) is 0 Å². The van der Waals surface area contributed by atoms with Crippen LogP contribution >= 0.6 is 0 Å². The molecule has 6 aromatic carbocycles. The molecule has 0 spiro atoms. The van der Waals surface area contributed by atoms with Crippen LogP contribution < -0.4 is 26.0 Å². The first kappa shape index (κ1) is 53.0. The van der Waals surface area contributed by atoms with Crippen LogP contribution in [0.5, 0.6) is 11.5 Å². The molecule has 0 bridgehead atoms. The van der Waals surface area contributed by atoms with Crippen molar-refractivity contribution in [2.24, 2.45) is 5.18 Å². The summed E-state index contributed by atoms with van der Waals surface area (Å²) in [6.45, 7) is 0.602. The number of phenols is 1. The van der Waals surface area contributed by atoms with Gasteiger partial charge in [-0.1, -0.05) is 122 Å². The third kappa shape index (κ3) is 14.9. The maximum Gasteiger partial charge on any atom is 0.514 e. The Kier molecular flexibility index (Phi) is 19.1. The summed E-state index contributed by atoms with van der Waals surface area (Å²) < 4.78 is 10.4. The zero-order chi connectivity index (χ0) is 52.1. The second kappa shape index (κ2) is 26.6. The minimum atomic E-state index is -1.04. The number of carbonyl (C=O) groups is 6. The second-order valence-electron chi connectivity index (χ2n) is 17.7. The Morgan fingerprint density at radius 1 is 0.608 bits per heavy atom. The lowest BCUT2D eigenvalue weighted by Gasteiger charge is -2.37. The SMILES string of the molecule is O=Nc1ccc(OC(=O)OCc2ccc(NC(=O)[C@H](CCCCNC(c3ccccc3)(c3ccccc3)c3ccc(O)cc3)NC(=O)[C@H](Cc3ccccc3)NC(=O)CCCCCN3C(=O)C=CC3=O)cc2)cc1. The molecule has 0 fully saturated rings. The van der Waals surface area contributed by atoms with Gasteiger partial charge in [-0.25, -0.2) is 4.79 Å². The largest absolute Gasteiger partial charge is 0.514 e. The van der Waals surface area contributed by atoms with Gasteiger partial charge in [0.15, 0.2) is 0 Å². The number of hydrogen-bond donors (Lipinski definition) is 5. The summed E-state index contributed by atoms with van der Waals surface area (Å²) in [4.78, 5) is 90.2. The number of amides is 5. The number of benzene rings is 6. The highest BCUT2D eigenvalue weighted by Gasteiger charge is 2.36. The number of phenolic OH excluding ortho intramolecular Hbond substituents is 1. The van der Waals surface area contributed by atoms with E-state index in [0.29, 0.717) is 49.9 Å². The molecule has 0 saturated heterocycles. The van der Waals surface area contributed by atoms with Gasteiger partial charge >= 0.3 is 6.16 Å². The molecule has 7 rings (SSSR count). The van der Waals surface area contributed by atoms with Gasteiger partial charge in [-0.3, -0.25) is 34.2 Å². The summed E-state index contributed by atoms with van der Waals surface area (Å²) in [6.07, 6.45) is 4.63. The Morgan fingerprint density at radius 3 is 1.84 bits per heavy atom. The van der Waals surface area contributed by atoms with Crippen molar-refractivity contribution in [1.82, 2.24) is 20.9 Å². The van der Waals surface area contributed by atoms with Gasteiger partial charge in [0.25, 0.3) is 11.8 Å². The normalized spacial score (nSPS) is 12.9.